The molecule has 0 bridgehead atoms. The topological polar surface area (TPSA) is 123 Å². The summed E-state index contributed by atoms with van der Waals surface area (Å²) in [5.41, 5.74) is 1.42. The van der Waals surface area contributed by atoms with Gasteiger partial charge in [-0.1, -0.05) is 5.92 Å². The van der Waals surface area contributed by atoms with E-state index in [0.29, 0.717) is 22.7 Å². The van der Waals surface area contributed by atoms with Crippen LogP contribution < -0.4 is 5.14 Å². The molecule has 1 aromatic carbocycles. The molecular formula is C19H14N2O5S. The Hall–Kier alpha value is -3.41. The molecule has 0 saturated heterocycles. The van der Waals surface area contributed by atoms with Gasteiger partial charge in [-0.05, 0) is 55.0 Å². The zero-order valence-corrected chi connectivity index (χ0v) is 14.9. The number of benzene rings is 1. The van der Waals surface area contributed by atoms with Crippen LogP contribution in [0.5, 0.6) is 0 Å². The SMILES string of the molecule is C#CC1=C(C)/C(=C/c2ccc(-c3ccc(S(N)(=O)=O)cc3)o2)C(O)=NC1=O. The van der Waals surface area contributed by atoms with E-state index in [9.17, 15) is 18.3 Å². The van der Waals surface area contributed by atoms with Crippen LogP contribution in [0.1, 0.15) is 12.7 Å². The van der Waals surface area contributed by atoms with Crippen molar-refractivity contribution >= 4 is 27.9 Å². The van der Waals surface area contributed by atoms with Crippen LogP contribution in [0.4, 0.5) is 0 Å². The standard InChI is InChI=1S/C19H14N2O5S/c1-3-15-11(2)16(19(23)21-18(15)22)10-13-6-9-17(26-13)12-4-7-14(8-5-12)27(20,24)25/h1,4-10H,2H3,(H2,20,24,25)(H,21,22,23)/b16-10-. The van der Waals surface area contributed by atoms with Crippen LogP contribution in [0.2, 0.25) is 0 Å². The van der Waals surface area contributed by atoms with Crippen molar-refractivity contribution in [2.24, 2.45) is 10.1 Å². The van der Waals surface area contributed by atoms with Gasteiger partial charge in [-0.15, -0.1) is 6.42 Å². The fourth-order valence-electron chi connectivity index (χ4n) is 2.55. The van der Waals surface area contributed by atoms with Crippen LogP contribution in [0.15, 0.2) is 67.4 Å². The first kappa shape index (κ1) is 18.4. The first-order chi connectivity index (χ1) is 12.7. The van der Waals surface area contributed by atoms with Crippen LogP contribution in [0.3, 0.4) is 0 Å². The molecule has 0 unspecified atom stereocenters. The molecule has 7 nitrogen and oxygen atoms in total. The molecule has 0 atom stereocenters. The van der Waals surface area contributed by atoms with Gasteiger partial charge in [0, 0.05) is 11.1 Å². The number of nitrogens with zero attached hydrogens (tertiary/aromatic N) is 1. The first-order valence-corrected chi connectivity index (χ1v) is 9.20. The van der Waals surface area contributed by atoms with Gasteiger partial charge in [0.2, 0.25) is 15.9 Å². The monoisotopic (exact) mass is 382 g/mol. The molecule has 3 rings (SSSR count). The van der Waals surface area contributed by atoms with E-state index in [4.69, 9.17) is 16.0 Å². The van der Waals surface area contributed by atoms with Gasteiger partial charge in [-0.3, -0.25) is 4.79 Å². The summed E-state index contributed by atoms with van der Waals surface area (Å²) >= 11 is 0. The molecule has 27 heavy (non-hydrogen) atoms. The van der Waals surface area contributed by atoms with E-state index in [1.165, 1.54) is 18.2 Å². The number of furan rings is 1. The second-order valence-electron chi connectivity index (χ2n) is 5.71. The molecule has 136 valence electrons. The van der Waals surface area contributed by atoms with Crippen molar-refractivity contribution in [3.05, 3.63) is 58.9 Å². The summed E-state index contributed by atoms with van der Waals surface area (Å²) < 4.78 is 28.3. The van der Waals surface area contributed by atoms with Gasteiger partial charge in [0.1, 0.15) is 11.5 Å². The number of carbonyl (C=O) groups excluding carboxylic acids is 1. The predicted octanol–water partition coefficient (Wildman–Crippen LogP) is 2.42. The maximum absolute atomic E-state index is 11.7. The number of carbonyl (C=O) groups is 1. The number of aliphatic hydroxyl groups excluding tert-OH is 1. The summed E-state index contributed by atoms with van der Waals surface area (Å²) in [5.74, 6) is 2.03. The predicted molar refractivity (Wildman–Crippen MR) is 100 cm³/mol. The number of aliphatic imine (C=N–C) groups is 1. The zero-order valence-electron chi connectivity index (χ0n) is 14.1. The van der Waals surface area contributed by atoms with Gasteiger partial charge >= 0.3 is 0 Å². The number of rotatable bonds is 3. The molecule has 1 aliphatic heterocycles. The number of sulfonamides is 1. The van der Waals surface area contributed by atoms with Crippen LogP contribution in [-0.2, 0) is 14.8 Å². The van der Waals surface area contributed by atoms with Gasteiger partial charge in [0.25, 0.3) is 5.91 Å². The largest absolute Gasteiger partial charge is 0.493 e. The lowest BCUT2D eigenvalue weighted by atomic mass is 9.97. The van der Waals surface area contributed by atoms with Crippen molar-refractivity contribution in [3.63, 3.8) is 0 Å². The Morgan fingerprint density at radius 3 is 2.48 bits per heavy atom. The quantitative estimate of drug-likeness (QED) is 0.789. The minimum atomic E-state index is -3.77. The lowest BCUT2D eigenvalue weighted by Gasteiger charge is -2.12. The third kappa shape index (κ3) is 3.60. The summed E-state index contributed by atoms with van der Waals surface area (Å²) in [7, 11) is -3.77. The Balaban J connectivity index is 1.96. The Labute approximate surface area is 155 Å². The highest BCUT2D eigenvalue weighted by Crippen LogP contribution is 2.27. The number of amides is 1. The van der Waals surface area contributed by atoms with Crippen LogP contribution in [-0.4, -0.2) is 25.3 Å². The molecule has 0 radical (unpaired) electrons. The first-order valence-electron chi connectivity index (χ1n) is 7.65. The van der Waals surface area contributed by atoms with E-state index in [-0.39, 0.29) is 16.0 Å². The molecule has 0 spiro atoms. The maximum atomic E-state index is 11.7. The number of nitrogens with two attached hydrogens (primary N) is 1. The molecule has 0 saturated carbocycles. The fourth-order valence-corrected chi connectivity index (χ4v) is 3.07. The molecule has 0 aliphatic carbocycles. The number of terminal acetylenes is 1. The summed E-state index contributed by atoms with van der Waals surface area (Å²) in [6.07, 6.45) is 6.84. The summed E-state index contributed by atoms with van der Waals surface area (Å²) in [6, 6.07) is 9.22. The van der Waals surface area contributed by atoms with Crippen LogP contribution in [0.25, 0.3) is 17.4 Å². The van der Waals surface area contributed by atoms with Crippen molar-refractivity contribution in [2.45, 2.75) is 11.8 Å². The van der Waals surface area contributed by atoms with E-state index >= 15 is 0 Å². The van der Waals surface area contributed by atoms with Crippen molar-refractivity contribution in [2.75, 3.05) is 0 Å². The second-order valence-corrected chi connectivity index (χ2v) is 7.28. The Morgan fingerprint density at radius 1 is 1.22 bits per heavy atom. The summed E-state index contributed by atoms with van der Waals surface area (Å²) in [5, 5.41) is 15.0. The lowest BCUT2D eigenvalue weighted by Crippen LogP contribution is -2.16. The lowest BCUT2D eigenvalue weighted by molar-refractivity contribution is -0.114. The number of primary sulfonamides is 1. The van der Waals surface area contributed by atoms with Crippen molar-refractivity contribution in [3.8, 4) is 23.7 Å². The van der Waals surface area contributed by atoms with E-state index in [0.717, 1.165) is 0 Å². The van der Waals surface area contributed by atoms with Crippen LogP contribution >= 0.6 is 0 Å². The Morgan fingerprint density at radius 2 is 1.89 bits per heavy atom. The van der Waals surface area contributed by atoms with Gasteiger partial charge in [-0.25, -0.2) is 13.6 Å². The molecule has 1 amide bonds. The number of dihydropyridines is 1. The van der Waals surface area contributed by atoms with E-state index < -0.39 is 21.8 Å². The molecule has 1 aromatic heterocycles. The number of hydrogen-bond acceptors (Lipinski definition) is 4. The molecule has 8 heteroatoms. The van der Waals surface area contributed by atoms with Crippen LogP contribution in [0, 0.1) is 12.3 Å². The molecule has 2 heterocycles. The number of hydrogen-bond donors (Lipinski definition) is 2. The van der Waals surface area contributed by atoms with E-state index in [2.05, 4.69) is 10.9 Å². The molecule has 3 N–H and O–H groups in total. The van der Waals surface area contributed by atoms with Gasteiger partial charge in [-0.2, -0.15) is 4.99 Å². The van der Waals surface area contributed by atoms with Crippen molar-refractivity contribution in [1.29, 1.82) is 0 Å². The minimum absolute atomic E-state index is 0.00395. The normalized spacial score (nSPS) is 16.4. The highest BCUT2D eigenvalue weighted by Gasteiger charge is 2.23. The van der Waals surface area contributed by atoms with Gasteiger partial charge in [0.15, 0.2) is 0 Å². The zero-order chi connectivity index (χ0) is 19.8. The fraction of sp³-hybridized carbons (Fsp3) is 0.0526. The third-order valence-corrected chi connectivity index (χ3v) is 4.90. The number of aliphatic hydroxyl groups is 1. The molecule has 1 aliphatic rings. The van der Waals surface area contributed by atoms with E-state index in [1.54, 1.807) is 31.2 Å². The second kappa shape index (κ2) is 6.72. The minimum Gasteiger partial charge on any atom is -0.493 e. The Bertz CT molecular complexity index is 1170. The molecular weight excluding hydrogens is 368 g/mol. The van der Waals surface area contributed by atoms with Gasteiger partial charge < -0.3 is 9.52 Å². The highest BCUT2D eigenvalue weighted by molar-refractivity contribution is 7.89. The Kier molecular flexibility index (Phi) is 4.57. The van der Waals surface area contributed by atoms with E-state index in [1.807, 2.05) is 0 Å². The highest BCUT2D eigenvalue weighted by atomic mass is 32.2. The van der Waals surface area contributed by atoms with Crippen molar-refractivity contribution in [1.82, 2.24) is 0 Å². The average molecular weight is 382 g/mol. The molecule has 0 fully saturated rings. The summed E-state index contributed by atoms with van der Waals surface area (Å²) in [6.45, 7) is 1.61. The molecule has 2 aromatic rings. The van der Waals surface area contributed by atoms with Crippen molar-refractivity contribution < 1.29 is 22.7 Å². The average Bonchev–Trinajstić information content (AvgIpc) is 3.07. The smallest absolute Gasteiger partial charge is 0.289 e. The summed E-state index contributed by atoms with van der Waals surface area (Å²) in [4.78, 5) is 15.2. The third-order valence-electron chi connectivity index (χ3n) is 3.97. The maximum Gasteiger partial charge on any atom is 0.289 e. The van der Waals surface area contributed by atoms with Gasteiger partial charge in [0.05, 0.1) is 10.5 Å².